The van der Waals surface area contributed by atoms with Crippen LogP contribution < -0.4 is 0 Å². The summed E-state index contributed by atoms with van der Waals surface area (Å²) >= 11 is 4.03. The highest BCUT2D eigenvalue weighted by Crippen LogP contribution is 2.23. The molecule has 1 heterocycles. The Morgan fingerprint density at radius 1 is 1.47 bits per heavy atom. The SMILES string of the molecule is C[Si](C)(C)C#Cc1sc(I)cc1CCO. The standard InChI is InChI=1S/C11H15IOSSi/c1-15(2,3)7-5-10-9(4-6-13)8-11(12)14-10/h8,13H,4,6H2,1-3H3. The van der Waals surface area contributed by atoms with Gasteiger partial charge in [0.1, 0.15) is 8.07 Å². The normalized spacial score (nSPS) is 11.0. The van der Waals surface area contributed by atoms with Crippen molar-refractivity contribution in [3.05, 3.63) is 19.4 Å². The van der Waals surface area contributed by atoms with Gasteiger partial charge in [-0.05, 0) is 40.6 Å². The van der Waals surface area contributed by atoms with E-state index in [1.807, 2.05) is 0 Å². The molecule has 0 radical (unpaired) electrons. The highest BCUT2D eigenvalue weighted by Gasteiger charge is 2.09. The van der Waals surface area contributed by atoms with E-state index in [1.165, 1.54) is 8.45 Å². The maximum Gasteiger partial charge on any atom is 0.129 e. The Morgan fingerprint density at radius 2 is 2.13 bits per heavy atom. The molecule has 1 nitrogen and oxygen atoms in total. The Labute approximate surface area is 110 Å². The number of halogens is 1. The minimum Gasteiger partial charge on any atom is -0.396 e. The van der Waals surface area contributed by atoms with Crippen molar-refractivity contribution in [2.45, 2.75) is 26.1 Å². The quantitative estimate of drug-likeness (QED) is 0.494. The van der Waals surface area contributed by atoms with Crippen molar-refractivity contribution in [3.63, 3.8) is 0 Å². The Kier molecular flexibility index (Phi) is 4.84. The monoisotopic (exact) mass is 350 g/mol. The van der Waals surface area contributed by atoms with Gasteiger partial charge in [0.15, 0.2) is 0 Å². The van der Waals surface area contributed by atoms with Gasteiger partial charge in [-0.1, -0.05) is 25.6 Å². The molecule has 1 N–H and O–H groups in total. The van der Waals surface area contributed by atoms with Crippen molar-refractivity contribution >= 4 is 42.0 Å². The number of rotatable bonds is 2. The summed E-state index contributed by atoms with van der Waals surface area (Å²) in [4.78, 5) is 1.14. The molecule has 1 aromatic rings. The molecule has 0 fully saturated rings. The average Bonchev–Trinajstić information content (AvgIpc) is 2.42. The highest BCUT2D eigenvalue weighted by molar-refractivity contribution is 14.1. The molecule has 82 valence electrons. The van der Waals surface area contributed by atoms with Crippen LogP contribution in [-0.4, -0.2) is 19.8 Å². The van der Waals surface area contributed by atoms with E-state index in [1.54, 1.807) is 11.3 Å². The third-order valence-corrected chi connectivity index (χ3v) is 4.44. The molecule has 0 aliphatic heterocycles. The van der Waals surface area contributed by atoms with Crippen LogP contribution in [-0.2, 0) is 6.42 Å². The molecule has 0 bridgehead atoms. The average molecular weight is 350 g/mol. The lowest BCUT2D eigenvalue weighted by Crippen LogP contribution is -2.16. The molecule has 0 spiro atoms. The topological polar surface area (TPSA) is 20.2 Å². The first kappa shape index (κ1) is 13.2. The van der Waals surface area contributed by atoms with Crippen molar-refractivity contribution in [1.82, 2.24) is 0 Å². The first-order valence-corrected chi connectivity index (χ1v) is 10.2. The van der Waals surface area contributed by atoms with Crippen LogP contribution in [0.25, 0.3) is 0 Å². The summed E-state index contributed by atoms with van der Waals surface area (Å²) in [5, 5.41) is 8.94. The first-order chi connectivity index (χ1) is 6.92. The van der Waals surface area contributed by atoms with Crippen molar-refractivity contribution in [3.8, 4) is 11.5 Å². The summed E-state index contributed by atoms with van der Waals surface area (Å²) < 4.78 is 1.25. The van der Waals surface area contributed by atoms with E-state index in [-0.39, 0.29) is 6.61 Å². The van der Waals surface area contributed by atoms with Crippen LogP contribution in [0.2, 0.25) is 19.6 Å². The van der Waals surface area contributed by atoms with Gasteiger partial charge in [0.25, 0.3) is 0 Å². The molecular weight excluding hydrogens is 335 g/mol. The molecule has 0 amide bonds. The summed E-state index contributed by atoms with van der Waals surface area (Å²) in [6.07, 6.45) is 0.717. The lowest BCUT2D eigenvalue weighted by Gasteiger charge is -2.03. The van der Waals surface area contributed by atoms with Crippen LogP contribution in [0.5, 0.6) is 0 Å². The molecule has 0 aliphatic rings. The van der Waals surface area contributed by atoms with Gasteiger partial charge in [0.2, 0.25) is 0 Å². The largest absolute Gasteiger partial charge is 0.396 e. The van der Waals surface area contributed by atoms with Gasteiger partial charge in [0, 0.05) is 6.61 Å². The van der Waals surface area contributed by atoms with Crippen molar-refractivity contribution in [2.24, 2.45) is 0 Å². The van der Waals surface area contributed by atoms with Gasteiger partial charge in [-0.15, -0.1) is 16.9 Å². The van der Waals surface area contributed by atoms with Crippen molar-refractivity contribution in [1.29, 1.82) is 0 Å². The predicted octanol–water partition coefficient (Wildman–Crippen LogP) is 3.12. The Balaban J connectivity index is 2.96. The molecule has 0 aromatic carbocycles. The Hall–Kier alpha value is 0.167. The number of aliphatic hydroxyl groups excluding tert-OH is 1. The van der Waals surface area contributed by atoms with E-state index >= 15 is 0 Å². The zero-order valence-electron chi connectivity index (χ0n) is 9.22. The van der Waals surface area contributed by atoms with E-state index < -0.39 is 8.07 Å². The fraction of sp³-hybridized carbons (Fsp3) is 0.455. The Bertz CT molecular complexity index is 395. The highest BCUT2D eigenvalue weighted by atomic mass is 127. The van der Waals surface area contributed by atoms with Gasteiger partial charge in [-0.25, -0.2) is 0 Å². The third kappa shape index (κ3) is 4.68. The predicted molar refractivity (Wildman–Crippen MR) is 78.0 cm³/mol. The van der Waals surface area contributed by atoms with Crippen LogP contribution in [0.1, 0.15) is 10.4 Å². The third-order valence-electron chi connectivity index (χ3n) is 1.71. The number of aliphatic hydroxyl groups is 1. The molecule has 4 heteroatoms. The van der Waals surface area contributed by atoms with Gasteiger partial charge in [-0.2, -0.15) is 0 Å². The zero-order valence-corrected chi connectivity index (χ0v) is 13.2. The maximum absolute atomic E-state index is 8.94. The van der Waals surface area contributed by atoms with Crippen molar-refractivity contribution < 1.29 is 5.11 Å². The summed E-state index contributed by atoms with van der Waals surface area (Å²) in [6, 6.07) is 2.12. The summed E-state index contributed by atoms with van der Waals surface area (Å²) in [7, 11) is -1.30. The maximum atomic E-state index is 8.94. The van der Waals surface area contributed by atoms with E-state index in [2.05, 4.69) is 59.8 Å². The van der Waals surface area contributed by atoms with Crippen LogP contribution in [0, 0.1) is 14.3 Å². The molecular formula is C11H15IOSSi. The molecule has 1 aromatic heterocycles. The molecule has 0 saturated carbocycles. The smallest absolute Gasteiger partial charge is 0.129 e. The van der Waals surface area contributed by atoms with Gasteiger partial charge < -0.3 is 5.11 Å². The Morgan fingerprint density at radius 3 is 2.67 bits per heavy atom. The molecule has 0 unspecified atom stereocenters. The molecule has 0 saturated heterocycles. The van der Waals surface area contributed by atoms with Crippen LogP contribution >= 0.6 is 33.9 Å². The number of thiophene rings is 1. The summed E-state index contributed by atoms with van der Waals surface area (Å²) in [6.45, 7) is 6.92. The molecule has 0 aliphatic carbocycles. The minimum atomic E-state index is -1.30. The van der Waals surface area contributed by atoms with Crippen molar-refractivity contribution in [2.75, 3.05) is 6.61 Å². The van der Waals surface area contributed by atoms with Crippen LogP contribution in [0.15, 0.2) is 6.07 Å². The van der Waals surface area contributed by atoms with Gasteiger partial charge in [0.05, 0.1) is 7.76 Å². The second kappa shape index (κ2) is 5.48. The zero-order chi connectivity index (χ0) is 11.5. The van der Waals surface area contributed by atoms with E-state index in [4.69, 9.17) is 5.11 Å². The van der Waals surface area contributed by atoms with Crippen LogP contribution in [0.4, 0.5) is 0 Å². The fourth-order valence-corrected chi connectivity index (χ4v) is 3.47. The minimum absolute atomic E-state index is 0.203. The van der Waals surface area contributed by atoms with Gasteiger partial charge >= 0.3 is 0 Å². The number of hydrogen-bond acceptors (Lipinski definition) is 2. The van der Waals surface area contributed by atoms with E-state index in [0.717, 1.165) is 11.3 Å². The second-order valence-corrected chi connectivity index (χ2v) is 12.1. The number of hydrogen-bond donors (Lipinski definition) is 1. The lowest BCUT2D eigenvalue weighted by atomic mass is 10.2. The second-order valence-electron chi connectivity index (χ2n) is 4.38. The molecule has 0 atom stereocenters. The van der Waals surface area contributed by atoms with E-state index in [0.29, 0.717) is 0 Å². The van der Waals surface area contributed by atoms with Gasteiger partial charge in [-0.3, -0.25) is 0 Å². The lowest BCUT2D eigenvalue weighted by molar-refractivity contribution is 0.299. The van der Waals surface area contributed by atoms with Crippen LogP contribution in [0.3, 0.4) is 0 Å². The van der Waals surface area contributed by atoms with E-state index in [9.17, 15) is 0 Å². The molecule has 1 rings (SSSR count). The summed E-state index contributed by atoms with van der Waals surface area (Å²) in [5.74, 6) is 3.27. The summed E-state index contributed by atoms with van der Waals surface area (Å²) in [5.41, 5.74) is 4.56. The fourth-order valence-electron chi connectivity index (χ4n) is 1.05. The molecule has 15 heavy (non-hydrogen) atoms. The first-order valence-electron chi connectivity index (χ1n) is 4.84.